The van der Waals surface area contributed by atoms with Gasteiger partial charge in [0.05, 0.1) is 25.5 Å². The summed E-state index contributed by atoms with van der Waals surface area (Å²) < 4.78 is 9.65. The molecule has 114 valence electrons. The highest BCUT2D eigenvalue weighted by molar-refractivity contribution is 5.03. The third-order valence-corrected chi connectivity index (χ3v) is 3.73. The van der Waals surface area contributed by atoms with Gasteiger partial charge < -0.3 is 4.74 Å². The van der Waals surface area contributed by atoms with Crippen molar-refractivity contribution >= 4 is 0 Å². The third-order valence-electron chi connectivity index (χ3n) is 3.73. The zero-order valence-corrected chi connectivity index (χ0v) is 12.9. The van der Waals surface area contributed by atoms with E-state index in [1.807, 2.05) is 36.5 Å². The summed E-state index contributed by atoms with van der Waals surface area (Å²) in [5.41, 5.74) is 1.24. The molecule has 1 saturated heterocycles. The highest BCUT2D eigenvalue weighted by Gasteiger charge is 2.22. The number of nitrogens with zero attached hydrogens (tertiary/aromatic N) is 6. The third kappa shape index (κ3) is 3.48. The molecule has 0 saturated carbocycles. The molecular weight excluding hydrogens is 268 g/mol. The van der Waals surface area contributed by atoms with Gasteiger partial charge in [0.25, 0.3) is 0 Å². The maximum absolute atomic E-state index is 5.87. The Morgan fingerprint density at radius 2 is 2.24 bits per heavy atom. The van der Waals surface area contributed by atoms with E-state index in [9.17, 15) is 0 Å². The van der Waals surface area contributed by atoms with Crippen LogP contribution in [0.5, 0.6) is 0 Å². The summed E-state index contributed by atoms with van der Waals surface area (Å²) in [7, 11) is 1.95. The van der Waals surface area contributed by atoms with Crippen LogP contribution in [-0.4, -0.2) is 55.2 Å². The van der Waals surface area contributed by atoms with Crippen molar-refractivity contribution in [1.82, 2.24) is 29.4 Å². The van der Waals surface area contributed by atoms with Crippen LogP contribution in [0.4, 0.5) is 0 Å². The molecule has 3 heterocycles. The summed E-state index contributed by atoms with van der Waals surface area (Å²) in [5, 5.41) is 8.63. The molecule has 1 fully saturated rings. The molecule has 0 spiro atoms. The zero-order chi connectivity index (χ0) is 14.8. The summed E-state index contributed by atoms with van der Waals surface area (Å²) in [4.78, 5) is 6.74. The molecule has 7 nitrogen and oxygen atoms in total. The second kappa shape index (κ2) is 5.95. The molecule has 0 radical (unpaired) electrons. The first-order valence-electron chi connectivity index (χ1n) is 7.29. The molecular formula is C14H22N6O. The van der Waals surface area contributed by atoms with Crippen LogP contribution < -0.4 is 0 Å². The van der Waals surface area contributed by atoms with Gasteiger partial charge in [-0.3, -0.25) is 9.58 Å². The monoisotopic (exact) mass is 290 g/mol. The lowest BCUT2D eigenvalue weighted by Crippen LogP contribution is -2.43. The van der Waals surface area contributed by atoms with Gasteiger partial charge in [0, 0.05) is 38.4 Å². The van der Waals surface area contributed by atoms with Crippen LogP contribution in [0, 0.1) is 13.8 Å². The second-order valence-electron chi connectivity index (χ2n) is 5.64. The highest BCUT2D eigenvalue weighted by Crippen LogP contribution is 2.12. The van der Waals surface area contributed by atoms with Crippen molar-refractivity contribution in [3.63, 3.8) is 0 Å². The Hall–Kier alpha value is -1.73. The summed E-state index contributed by atoms with van der Waals surface area (Å²) >= 11 is 0. The molecule has 0 amide bonds. The van der Waals surface area contributed by atoms with Crippen molar-refractivity contribution in [2.24, 2.45) is 7.05 Å². The Labute approximate surface area is 124 Å². The second-order valence-corrected chi connectivity index (χ2v) is 5.64. The average Bonchev–Trinajstić information content (AvgIpc) is 2.96. The minimum Gasteiger partial charge on any atom is -0.374 e. The van der Waals surface area contributed by atoms with Crippen LogP contribution >= 0.6 is 0 Å². The van der Waals surface area contributed by atoms with Gasteiger partial charge in [-0.1, -0.05) is 0 Å². The molecule has 1 unspecified atom stereocenters. The van der Waals surface area contributed by atoms with Crippen LogP contribution in [0.15, 0.2) is 12.4 Å². The van der Waals surface area contributed by atoms with Crippen molar-refractivity contribution < 1.29 is 4.74 Å². The van der Waals surface area contributed by atoms with Crippen molar-refractivity contribution in [2.45, 2.75) is 33.0 Å². The minimum absolute atomic E-state index is 0.162. The number of aromatic nitrogens is 5. The number of hydrogen-bond acceptors (Lipinski definition) is 5. The van der Waals surface area contributed by atoms with Gasteiger partial charge in [0.15, 0.2) is 0 Å². The first kappa shape index (κ1) is 14.2. The number of hydrogen-bond donors (Lipinski definition) is 0. The van der Waals surface area contributed by atoms with Crippen LogP contribution in [0.3, 0.4) is 0 Å². The maximum atomic E-state index is 5.87. The van der Waals surface area contributed by atoms with Gasteiger partial charge in [-0.15, -0.1) is 0 Å². The van der Waals surface area contributed by atoms with Crippen molar-refractivity contribution in [1.29, 1.82) is 0 Å². The van der Waals surface area contributed by atoms with Crippen LogP contribution in [0.25, 0.3) is 0 Å². The molecule has 2 aromatic rings. The Balaban J connectivity index is 1.59. The summed E-state index contributed by atoms with van der Waals surface area (Å²) in [6.45, 7) is 8.21. The lowest BCUT2D eigenvalue weighted by Gasteiger charge is -2.32. The molecule has 7 heteroatoms. The highest BCUT2D eigenvalue weighted by atomic mass is 16.5. The summed E-state index contributed by atoms with van der Waals surface area (Å²) in [6, 6.07) is 0. The van der Waals surface area contributed by atoms with Crippen LogP contribution in [-0.2, 0) is 24.9 Å². The smallest absolute Gasteiger partial charge is 0.147 e. The molecule has 21 heavy (non-hydrogen) atoms. The molecule has 1 aliphatic heterocycles. The predicted octanol–water partition coefficient (Wildman–Crippen LogP) is 0.529. The van der Waals surface area contributed by atoms with Gasteiger partial charge >= 0.3 is 0 Å². The fourth-order valence-corrected chi connectivity index (χ4v) is 2.77. The van der Waals surface area contributed by atoms with E-state index in [0.29, 0.717) is 0 Å². The molecule has 3 rings (SSSR count). The standard InChI is InChI=1S/C14H22N6O/c1-11-16-12(2)20(17-11)10-14-9-19(4-5-21-14)8-13-6-15-18(3)7-13/h6-7,14H,4-5,8-10H2,1-3H3. The average molecular weight is 290 g/mol. The fraction of sp³-hybridized carbons (Fsp3) is 0.643. The molecule has 0 N–H and O–H groups in total. The topological polar surface area (TPSA) is 61.0 Å². The Morgan fingerprint density at radius 3 is 2.90 bits per heavy atom. The minimum atomic E-state index is 0.162. The van der Waals surface area contributed by atoms with E-state index in [1.165, 1.54) is 5.56 Å². The van der Waals surface area contributed by atoms with Crippen LogP contribution in [0.2, 0.25) is 0 Å². The predicted molar refractivity (Wildman–Crippen MR) is 77.7 cm³/mol. The van der Waals surface area contributed by atoms with Crippen molar-refractivity contribution in [2.75, 3.05) is 19.7 Å². The SMILES string of the molecule is Cc1nc(C)n(CC2CN(Cc3cnn(C)c3)CCO2)n1. The zero-order valence-electron chi connectivity index (χ0n) is 12.9. The van der Waals surface area contributed by atoms with Crippen molar-refractivity contribution in [3.05, 3.63) is 29.6 Å². The molecule has 0 bridgehead atoms. The number of rotatable bonds is 4. The largest absolute Gasteiger partial charge is 0.374 e. The van der Waals surface area contributed by atoms with E-state index in [2.05, 4.69) is 26.3 Å². The maximum Gasteiger partial charge on any atom is 0.147 e. The molecule has 0 aromatic carbocycles. The van der Waals surface area contributed by atoms with E-state index >= 15 is 0 Å². The number of morpholine rings is 1. The molecule has 0 aliphatic carbocycles. The van der Waals surface area contributed by atoms with E-state index in [1.54, 1.807) is 0 Å². The van der Waals surface area contributed by atoms with E-state index in [0.717, 1.165) is 44.4 Å². The van der Waals surface area contributed by atoms with Gasteiger partial charge in [-0.25, -0.2) is 9.67 Å². The summed E-state index contributed by atoms with van der Waals surface area (Å²) in [5.74, 6) is 1.76. The van der Waals surface area contributed by atoms with Gasteiger partial charge in [-0.2, -0.15) is 10.2 Å². The Kier molecular flexibility index (Phi) is 4.03. The molecule has 2 aromatic heterocycles. The molecule has 1 atom stereocenters. The fourth-order valence-electron chi connectivity index (χ4n) is 2.77. The summed E-state index contributed by atoms with van der Waals surface area (Å²) in [6.07, 6.45) is 4.15. The first-order valence-corrected chi connectivity index (χ1v) is 7.29. The quantitative estimate of drug-likeness (QED) is 0.822. The van der Waals surface area contributed by atoms with E-state index in [-0.39, 0.29) is 6.10 Å². The number of aryl methyl sites for hydroxylation is 3. The van der Waals surface area contributed by atoms with Gasteiger partial charge in [0.1, 0.15) is 11.6 Å². The van der Waals surface area contributed by atoms with Gasteiger partial charge in [0.2, 0.25) is 0 Å². The normalized spacial score (nSPS) is 20.0. The van der Waals surface area contributed by atoms with Crippen LogP contribution in [0.1, 0.15) is 17.2 Å². The Bertz CT molecular complexity index is 604. The lowest BCUT2D eigenvalue weighted by molar-refractivity contribution is -0.0405. The first-order chi connectivity index (χ1) is 10.1. The number of ether oxygens (including phenoxy) is 1. The van der Waals surface area contributed by atoms with E-state index in [4.69, 9.17) is 4.74 Å². The lowest BCUT2D eigenvalue weighted by atomic mass is 10.2. The molecule has 1 aliphatic rings. The van der Waals surface area contributed by atoms with Gasteiger partial charge in [-0.05, 0) is 13.8 Å². The van der Waals surface area contributed by atoms with E-state index < -0.39 is 0 Å². The Morgan fingerprint density at radius 1 is 1.38 bits per heavy atom. The van der Waals surface area contributed by atoms with Crippen molar-refractivity contribution in [3.8, 4) is 0 Å².